The quantitative estimate of drug-likeness (QED) is 0.839. The number of nitrogens with one attached hydrogen (secondary N) is 1. The fourth-order valence-electron chi connectivity index (χ4n) is 1.33. The Morgan fingerprint density at radius 1 is 1.50 bits per heavy atom. The van der Waals surface area contributed by atoms with Gasteiger partial charge < -0.3 is 10.2 Å². The molecule has 0 fully saturated rings. The van der Waals surface area contributed by atoms with Gasteiger partial charge in [0.1, 0.15) is 0 Å². The Kier molecular flexibility index (Phi) is 4.89. The van der Waals surface area contributed by atoms with Crippen LogP contribution in [-0.4, -0.2) is 31.6 Å². The lowest BCUT2D eigenvalue weighted by molar-refractivity contribution is 0.349. The van der Waals surface area contributed by atoms with Gasteiger partial charge in [-0.25, -0.2) is 0 Å². The van der Waals surface area contributed by atoms with Gasteiger partial charge in [0.05, 0.1) is 4.34 Å². The maximum absolute atomic E-state index is 5.84. The number of nitrogens with zero attached hydrogens (tertiary/aromatic N) is 1. The average molecular weight is 233 g/mol. The molecule has 0 bridgehead atoms. The molecule has 1 aromatic rings. The molecule has 1 atom stereocenters. The lowest BCUT2D eigenvalue weighted by Crippen LogP contribution is -2.35. The average Bonchev–Trinajstić information content (AvgIpc) is 2.47. The Morgan fingerprint density at radius 2 is 2.21 bits per heavy atom. The van der Waals surface area contributed by atoms with Crippen molar-refractivity contribution in [3.8, 4) is 0 Å². The van der Waals surface area contributed by atoms with Gasteiger partial charge in [-0.3, -0.25) is 0 Å². The van der Waals surface area contributed by atoms with Crippen LogP contribution in [0.3, 0.4) is 0 Å². The zero-order valence-electron chi connectivity index (χ0n) is 8.88. The van der Waals surface area contributed by atoms with E-state index in [0.29, 0.717) is 6.04 Å². The van der Waals surface area contributed by atoms with Gasteiger partial charge in [-0.15, -0.1) is 11.3 Å². The van der Waals surface area contributed by atoms with Gasteiger partial charge in [0.15, 0.2) is 0 Å². The highest BCUT2D eigenvalue weighted by Crippen LogP contribution is 2.21. The fourth-order valence-corrected chi connectivity index (χ4v) is 2.37. The summed E-state index contributed by atoms with van der Waals surface area (Å²) in [7, 11) is 4.17. The summed E-state index contributed by atoms with van der Waals surface area (Å²) in [6.07, 6.45) is 0. The minimum Gasteiger partial charge on any atom is -0.308 e. The van der Waals surface area contributed by atoms with Crippen LogP contribution in [0.2, 0.25) is 4.34 Å². The summed E-state index contributed by atoms with van der Waals surface area (Å²) >= 11 is 7.48. The molecule has 2 nitrogen and oxygen atoms in total. The molecule has 0 spiro atoms. The smallest absolute Gasteiger partial charge is 0.0931 e. The van der Waals surface area contributed by atoms with Crippen molar-refractivity contribution in [2.24, 2.45) is 0 Å². The molecule has 1 aromatic heterocycles. The molecule has 0 saturated heterocycles. The van der Waals surface area contributed by atoms with Crippen LogP contribution in [0.15, 0.2) is 12.1 Å². The van der Waals surface area contributed by atoms with Crippen LogP contribution < -0.4 is 5.32 Å². The van der Waals surface area contributed by atoms with Crippen molar-refractivity contribution in [1.29, 1.82) is 0 Å². The second-order valence-electron chi connectivity index (χ2n) is 3.75. The number of likely N-dealkylation sites (N-methyl/N-ethyl adjacent to an activating group) is 1. The highest BCUT2D eigenvalue weighted by Gasteiger charge is 2.03. The van der Waals surface area contributed by atoms with E-state index in [1.54, 1.807) is 11.3 Å². The normalized spacial score (nSPS) is 13.5. The van der Waals surface area contributed by atoms with Gasteiger partial charge in [-0.1, -0.05) is 11.6 Å². The van der Waals surface area contributed by atoms with E-state index in [1.807, 2.05) is 6.07 Å². The van der Waals surface area contributed by atoms with Gasteiger partial charge in [0, 0.05) is 24.0 Å². The molecule has 0 aliphatic heterocycles. The summed E-state index contributed by atoms with van der Waals surface area (Å²) < 4.78 is 0.863. The minimum atomic E-state index is 0.505. The second-order valence-corrected chi connectivity index (χ2v) is 5.55. The van der Waals surface area contributed by atoms with Crippen LogP contribution in [0.5, 0.6) is 0 Å². The van der Waals surface area contributed by atoms with Crippen LogP contribution in [0.25, 0.3) is 0 Å². The summed E-state index contributed by atoms with van der Waals surface area (Å²) in [4.78, 5) is 3.47. The Labute approximate surface area is 94.9 Å². The first-order valence-corrected chi connectivity index (χ1v) is 5.89. The SMILES string of the molecule is CC(CN(C)C)NCc1ccc(Cl)s1. The van der Waals surface area contributed by atoms with Crippen molar-refractivity contribution in [3.05, 3.63) is 21.3 Å². The maximum atomic E-state index is 5.84. The van der Waals surface area contributed by atoms with Crippen LogP contribution >= 0.6 is 22.9 Å². The number of thiophene rings is 1. The summed E-state index contributed by atoms with van der Waals surface area (Å²) in [5.74, 6) is 0. The first kappa shape index (κ1) is 12.0. The number of hydrogen-bond donors (Lipinski definition) is 1. The summed E-state index contributed by atoms with van der Waals surface area (Å²) in [5.41, 5.74) is 0. The molecular weight excluding hydrogens is 216 g/mol. The van der Waals surface area contributed by atoms with E-state index in [9.17, 15) is 0 Å². The van der Waals surface area contributed by atoms with E-state index in [4.69, 9.17) is 11.6 Å². The van der Waals surface area contributed by atoms with E-state index in [2.05, 4.69) is 37.3 Å². The van der Waals surface area contributed by atoms with E-state index >= 15 is 0 Å². The van der Waals surface area contributed by atoms with Gasteiger partial charge in [-0.05, 0) is 33.2 Å². The molecule has 0 aliphatic rings. The zero-order valence-corrected chi connectivity index (χ0v) is 10.5. The Balaban J connectivity index is 2.26. The number of rotatable bonds is 5. The molecule has 1 N–H and O–H groups in total. The van der Waals surface area contributed by atoms with Crippen LogP contribution in [0.1, 0.15) is 11.8 Å². The molecule has 1 unspecified atom stereocenters. The molecule has 80 valence electrons. The van der Waals surface area contributed by atoms with E-state index in [1.165, 1.54) is 4.88 Å². The van der Waals surface area contributed by atoms with E-state index < -0.39 is 0 Å². The molecule has 0 aliphatic carbocycles. The molecule has 0 amide bonds. The van der Waals surface area contributed by atoms with E-state index in [0.717, 1.165) is 17.4 Å². The summed E-state index contributed by atoms with van der Waals surface area (Å²) in [5, 5.41) is 3.45. The van der Waals surface area contributed by atoms with Crippen molar-refractivity contribution in [2.75, 3.05) is 20.6 Å². The van der Waals surface area contributed by atoms with Crippen molar-refractivity contribution in [3.63, 3.8) is 0 Å². The maximum Gasteiger partial charge on any atom is 0.0931 e. The highest BCUT2D eigenvalue weighted by molar-refractivity contribution is 7.16. The topological polar surface area (TPSA) is 15.3 Å². The number of halogens is 1. The lowest BCUT2D eigenvalue weighted by atomic mass is 10.3. The molecule has 0 saturated carbocycles. The predicted molar refractivity (Wildman–Crippen MR) is 64.2 cm³/mol. The van der Waals surface area contributed by atoms with Crippen LogP contribution in [0, 0.1) is 0 Å². The van der Waals surface area contributed by atoms with Crippen molar-refractivity contribution < 1.29 is 0 Å². The van der Waals surface area contributed by atoms with Crippen molar-refractivity contribution >= 4 is 22.9 Å². The van der Waals surface area contributed by atoms with Gasteiger partial charge in [0.2, 0.25) is 0 Å². The zero-order chi connectivity index (χ0) is 10.6. The highest BCUT2D eigenvalue weighted by atomic mass is 35.5. The molecule has 1 rings (SSSR count). The minimum absolute atomic E-state index is 0.505. The summed E-state index contributed by atoms with van der Waals surface area (Å²) in [6.45, 7) is 4.15. The van der Waals surface area contributed by atoms with Crippen LogP contribution in [-0.2, 0) is 6.54 Å². The van der Waals surface area contributed by atoms with E-state index in [-0.39, 0.29) is 0 Å². The molecule has 1 heterocycles. The third kappa shape index (κ3) is 4.42. The Bertz CT molecular complexity index is 273. The third-order valence-electron chi connectivity index (χ3n) is 1.89. The molecule has 14 heavy (non-hydrogen) atoms. The summed E-state index contributed by atoms with van der Waals surface area (Å²) in [6, 6.07) is 4.52. The van der Waals surface area contributed by atoms with Crippen molar-refractivity contribution in [2.45, 2.75) is 19.5 Å². The van der Waals surface area contributed by atoms with Gasteiger partial charge >= 0.3 is 0 Å². The molecule has 4 heteroatoms. The largest absolute Gasteiger partial charge is 0.308 e. The standard InChI is InChI=1S/C10H17ClN2S/c1-8(7-13(2)3)12-6-9-4-5-10(11)14-9/h4-5,8,12H,6-7H2,1-3H3. The monoisotopic (exact) mass is 232 g/mol. The number of hydrogen-bond acceptors (Lipinski definition) is 3. The molecule has 0 aromatic carbocycles. The second kappa shape index (κ2) is 5.71. The first-order chi connectivity index (χ1) is 6.58. The van der Waals surface area contributed by atoms with Gasteiger partial charge in [0.25, 0.3) is 0 Å². The molecular formula is C10H17ClN2S. The predicted octanol–water partition coefficient (Wildman–Crippen LogP) is 2.44. The van der Waals surface area contributed by atoms with Crippen molar-refractivity contribution in [1.82, 2.24) is 10.2 Å². The third-order valence-corrected chi connectivity index (χ3v) is 3.12. The lowest BCUT2D eigenvalue weighted by Gasteiger charge is -2.17. The van der Waals surface area contributed by atoms with Crippen LogP contribution in [0.4, 0.5) is 0 Å². The van der Waals surface area contributed by atoms with Gasteiger partial charge in [-0.2, -0.15) is 0 Å². The molecule has 0 radical (unpaired) electrons. The Morgan fingerprint density at radius 3 is 2.71 bits per heavy atom. The first-order valence-electron chi connectivity index (χ1n) is 4.70. The Hall–Kier alpha value is -0.0900. The fraction of sp³-hybridized carbons (Fsp3) is 0.600.